The van der Waals surface area contributed by atoms with Crippen molar-refractivity contribution < 1.29 is 4.42 Å². The number of furan rings is 1. The van der Waals surface area contributed by atoms with Crippen LogP contribution < -0.4 is 4.90 Å². The number of hydrogen-bond donors (Lipinski definition) is 0. The molecule has 0 amide bonds. The van der Waals surface area contributed by atoms with Crippen molar-refractivity contribution in [3.63, 3.8) is 0 Å². The fourth-order valence-corrected chi connectivity index (χ4v) is 13.9. The number of para-hydroxylation sites is 2. The van der Waals surface area contributed by atoms with Crippen molar-refractivity contribution in [2.45, 2.75) is 24.7 Å². The zero-order chi connectivity index (χ0) is 50.3. The van der Waals surface area contributed by atoms with E-state index in [1.165, 1.54) is 99.8 Å². The molecule has 0 bridgehead atoms. The number of nitrogens with zero attached hydrogens (tertiary/aromatic N) is 1. The Labute approximate surface area is 442 Å². The van der Waals surface area contributed by atoms with E-state index in [1.54, 1.807) is 0 Å². The quantitative estimate of drug-likeness (QED) is 0.165. The molecule has 1 spiro atoms. The predicted molar refractivity (Wildman–Crippen MR) is 316 cm³/mol. The van der Waals surface area contributed by atoms with Gasteiger partial charge in [-0.05, 0) is 159 Å². The molecule has 3 aliphatic rings. The van der Waals surface area contributed by atoms with Crippen molar-refractivity contribution in [1.29, 1.82) is 0 Å². The predicted octanol–water partition coefficient (Wildman–Crippen LogP) is 19.9. The molecule has 0 atom stereocenters. The average Bonchev–Trinajstić information content (AvgIpc) is 4.36. The summed E-state index contributed by atoms with van der Waals surface area (Å²) in [6, 6.07) is 96.9. The van der Waals surface area contributed by atoms with Gasteiger partial charge in [0.15, 0.2) is 5.58 Å². The van der Waals surface area contributed by atoms with Gasteiger partial charge in [-0.2, -0.15) is 0 Å². The van der Waals surface area contributed by atoms with Gasteiger partial charge in [0, 0.05) is 27.6 Å². The van der Waals surface area contributed by atoms with Crippen LogP contribution in [0.2, 0.25) is 0 Å². The molecule has 0 unspecified atom stereocenters. The topological polar surface area (TPSA) is 16.4 Å². The molecule has 12 aromatic carbocycles. The molecule has 0 radical (unpaired) electrons. The van der Waals surface area contributed by atoms with E-state index in [1.807, 2.05) is 0 Å². The molecule has 356 valence electrons. The highest BCUT2D eigenvalue weighted by atomic mass is 16.3. The van der Waals surface area contributed by atoms with Gasteiger partial charge in [-0.3, -0.25) is 0 Å². The molecule has 0 N–H and O–H groups in total. The Bertz CT molecular complexity index is 4500. The van der Waals surface area contributed by atoms with Gasteiger partial charge in [0.2, 0.25) is 0 Å². The first kappa shape index (κ1) is 43.0. The molecular weight excluding hydrogens is 919 g/mol. The van der Waals surface area contributed by atoms with E-state index in [0.717, 1.165) is 50.1 Å². The van der Waals surface area contributed by atoms with Crippen LogP contribution in [0, 0.1) is 0 Å². The average molecular weight is 968 g/mol. The van der Waals surface area contributed by atoms with Gasteiger partial charge < -0.3 is 9.32 Å². The summed E-state index contributed by atoms with van der Waals surface area (Å²) in [4.78, 5) is 2.40. The van der Waals surface area contributed by atoms with Crippen LogP contribution in [0.3, 0.4) is 0 Å². The van der Waals surface area contributed by atoms with Crippen LogP contribution in [0.15, 0.2) is 265 Å². The molecule has 0 fully saturated rings. The fraction of sp³-hybridized carbons (Fsp3) is 0.0541. The van der Waals surface area contributed by atoms with Crippen LogP contribution in [0.4, 0.5) is 17.1 Å². The summed E-state index contributed by atoms with van der Waals surface area (Å²) in [6.45, 7) is 4.86. The lowest BCUT2D eigenvalue weighted by atomic mass is 9.70. The van der Waals surface area contributed by atoms with E-state index in [4.69, 9.17) is 4.42 Å². The second-order valence-corrected chi connectivity index (χ2v) is 21.5. The van der Waals surface area contributed by atoms with Gasteiger partial charge in [-0.1, -0.05) is 226 Å². The molecule has 0 saturated carbocycles. The number of benzene rings is 12. The lowest BCUT2D eigenvalue weighted by Gasteiger charge is -2.31. The van der Waals surface area contributed by atoms with Gasteiger partial charge in [0.05, 0.1) is 11.1 Å². The minimum absolute atomic E-state index is 0.272. The number of rotatable bonds is 6. The molecule has 3 aliphatic carbocycles. The van der Waals surface area contributed by atoms with E-state index >= 15 is 0 Å². The normalized spacial score (nSPS) is 13.9. The molecule has 2 nitrogen and oxygen atoms in total. The van der Waals surface area contributed by atoms with Crippen molar-refractivity contribution in [2.75, 3.05) is 4.90 Å². The lowest BCUT2D eigenvalue weighted by molar-refractivity contribution is 0.660. The maximum absolute atomic E-state index is 6.87. The lowest BCUT2D eigenvalue weighted by Crippen LogP contribution is -2.26. The molecule has 2 heteroatoms. The Morgan fingerprint density at radius 3 is 1.66 bits per heavy atom. The zero-order valence-electron chi connectivity index (χ0n) is 42.2. The van der Waals surface area contributed by atoms with Gasteiger partial charge in [-0.25, -0.2) is 0 Å². The summed E-state index contributed by atoms with van der Waals surface area (Å²) in [6.07, 6.45) is 0. The smallest absolute Gasteiger partial charge is 0.159 e. The fourth-order valence-electron chi connectivity index (χ4n) is 13.9. The Kier molecular flexibility index (Phi) is 9.04. The van der Waals surface area contributed by atoms with Gasteiger partial charge in [0.1, 0.15) is 5.58 Å². The van der Waals surface area contributed by atoms with E-state index in [2.05, 4.69) is 280 Å². The standard InChI is InChI=1S/C74H49NO/c1-73(2)65-40-41-66-71(60-26-10-14-31-64(60)74(66)62-29-12-8-23-56(62)57-24-9-13-30-63(57)74)70(65)61-39-36-49(45-67(61)73)50-42-51(55-27-16-21-48-20-6-7-22-54(48)55)44-53(43-50)75(52-37-34-47(35-38-52)46-18-4-3-5-19-46)68-32-17-28-59-58-25-11-15-33-69(58)76-72(59)68/h3-45H,1-2H3. The molecule has 76 heavy (non-hydrogen) atoms. The zero-order valence-corrected chi connectivity index (χ0v) is 42.2. The highest BCUT2D eigenvalue weighted by molar-refractivity contribution is 6.11. The molecule has 16 rings (SSSR count). The van der Waals surface area contributed by atoms with Gasteiger partial charge >= 0.3 is 0 Å². The summed E-state index contributed by atoms with van der Waals surface area (Å²) in [5, 5.41) is 4.63. The largest absolute Gasteiger partial charge is 0.454 e. The Hall–Kier alpha value is -9.50. The molecule has 0 saturated heterocycles. The van der Waals surface area contributed by atoms with Crippen molar-refractivity contribution in [2.24, 2.45) is 0 Å². The first-order chi connectivity index (χ1) is 37.4. The number of fused-ring (bicyclic) bond motifs is 18. The maximum atomic E-state index is 6.87. The minimum atomic E-state index is -0.403. The van der Waals surface area contributed by atoms with E-state index < -0.39 is 5.41 Å². The second-order valence-electron chi connectivity index (χ2n) is 21.5. The number of anilines is 3. The van der Waals surface area contributed by atoms with Crippen LogP contribution in [0.1, 0.15) is 47.2 Å². The summed E-state index contributed by atoms with van der Waals surface area (Å²) in [5.41, 5.74) is 27.4. The molecular formula is C74H49NO. The maximum Gasteiger partial charge on any atom is 0.159 e. The van der Waals surface area contributed by atoms with E-state index in [-0.39, 0.29) is 5.41 Å². The van der Waals surface area contributed by atoms with Crippen molar-refractivity contribution in [3.05, 3.63) is 294 Å². The molecule has 1 heterocycles. The van der Waals surface area contributed by atoms with Crippen molar-refractivity contribution in [1.82, 2.24) is 0 Å². The van der Waals surface area contributed by atoms with Gasteiger partial charge in [-0.15, -0.1) is 0 Å². The summed E-state index contributed by atoms with van der Waals surface area (Å²) >= 11 is 0. The van der Waals surface area contributed by atoms with Crippen LogP contribution in [-0.4, -0.2) is 0 Å². The third-order valence-corrected chi connectivity index (χ3v) is 17.3. The van der Waals surface area contributed by atoms with Crippen LogP contribution in [-0.2, 0) is 10.8 Å². The third kappa shape index (κ3) is 5.93. The SMILES string of the molecule is CC1(C)c2cc(-c3cc(-c4cccc5ccccc45)cc(N(c4ccc(-c5ccccc5)cc4)c4cccc5c4oc4ccccc45)c3)ccc2-c2c1ccc1c2-c2ccccc2C12c1ccccc1-c1ccccc12. The first-order valence-corrected chi connectivity index (χ1v) is 26.6. The van der Waals surface area contributed by atoms with Crippen LogP contribution >= 0.6 is 0 Å². The van der Waals surface area contributed by atoms with Crippen molar-refractivity contribution in [3.8, 4) is 66.8 Å². The van der Waals surface area contributed by atoms with Gasteiger partial charge in [0.25, 0.3) is 0 Å². The second kappa shape index (κ2) is 16.0. The summed E-state index contributed by atoms with van der Waals surface area (Å²) in [5.74, 6) is 0. The van der Waals surface area contributed by atoms with E-state index in [9.17, 15) is 0 Å². The van der Waals surface area contributed by atoms with Crippen LogP contribution in [0.25, 0.3) is 99.5 Å². The third-order valence-electron chi connectivity index (χ3n) is 17.3. The highest BCUT2D eigenvalue weighted by Gasteiger charge is 2.53. The minimum Gasteiger partial charge on any atom is -0.454 e. The highest BCUT2D eigenvalue weighted by Crippen LogP contribution is 2.66. The Morgan fingerprint density at radius 1 is 0.316 bits per heavy atom. The Balaban J connectivity index is 0.920. The first-order valence-electron chi connectivity index (χ1n) is 26.6. The molecule has 1 aromatic heterocycles. The number of hydrogen-bond acceptors (Lipinski definition) is 2. The molecule has 13 aromatic rings. The van der Waals surface area contributed by atoms with Crippen molar-refractivity contribution >= 4 is 49.8 Å². The van der Waals surface area contributed by atoms with E-state index in [0.29, 0.717) is 0 Å². The Morgan fingerprint density at radius 2 is 0.868 bits per heavy atom. The monoisotopic (exact) mass is 967 g/mol. The summed E-state index contributed by atoms with van der Waals surface area (Å²) < 4.78 is 6.87. The van der Waals surface area contributed by atoms with Crippen LogP contribution in [0.5, 0.6) is 0 Å². The molecule has 0 aliphatic heterocycles. The summed E-state index contributed by atoms with van der Waals surface area (Å²) in [7, 11) is 0.